The zero-order chi connectivity index (χ0) is 14.9. The highest BCUT2D eigenvalue weighted by Gasteiger charge is 2.35. The van der Waals surface area contributed by atoms with Crippen LogP contribution in [-0.4, -0.2) is 9.78 Å². The summed E-state index contributed by atoms with van der Waals surface area (Å²) in [5.41, 5.74) is 4.79. The van der Waals surface area contributed by atoms with E-state index in [2.05, 4.69) is 5.10 Å². The molecule has 1 heterocycles. The summed E-state index contributed by atoms with van der Waals surface area (Å²) >= 11 is 0. The molecule has 0 radical (unpaired) electrons. The van der Waals surface area contributed by atoms with Crippen LogP contribution < -0.4 is 5.73 Å². The van der Waals surface area contributed by atoms with Gasteiger partial charge in [0.15, 0.2) is 0 Å². The smallest absolute Gasteiger partial charge is 0.320 e. The number of hydrogen-bond acceptors (Lipinski definition) is 2. The first kappa shape index (κ1) is 14.5. The molecular formula is C13H13F4N3. The highest BCUT2D eigenvalue weighted by Crippen LogP contribution is 2.34. The minimum Gasteiger partial charge on any atom is -0.320 e. The Morgan fingerprint density at radius 1 is 1.35 bits per heavy atom. The van der Waals surface area contributed by atoms with Gasteiger partial charge in [-0.1, -0.05) is 12.1 Å². The van der Waals surface area contributed by atoms with E-state index in [0.29, 0.717) is 18.2 Å². The molecule has 0 saturated carbocycles. The Morgan fingerprint density at radius 3 is 2.60 bits per heavy atom. The summed E-state index contributed by atoms with van der Waals surface area (Å²) in [4.78, 5) is 0. The molecule has 0 aliphatic rings. The van der Waals surface area contributed by atoms with Crippen molar-refractivity contribution in [3.05, 3.63) is 53.1 Å². The second kappa shape index (κ2) is 5.24. The van der Waals surface area contributed by atoms with Crippen molar-refractivity contribution >= 4 is 0 Å². The molecule has 20 heavy (non-hydrogen) atoms. The Balaban J connectivity index is 2.42. The second-order valence-corrected chi connectivity index (χ2v) is 4.31. The fraction of sp³-hybridized carbons (Fsp3) is 0.308. The quantitative estimate of drug-likeness (QED) is 0.881. The van der Waals surface area contributed by atoms with Gasteiger partial charge in [-0.2, -0.15) is 18.3 Å². The van der Waals surface area contributed by atoms with E-state index in [9.17, 15) is 17.6 Å². The first-order chi connectivity index (χ1) is 9.34. The van der Waals surface area contributed by atoms with Crippen LogP contribution in [0.5, 0.6) is 0 Å². The molecule has 2 aromatic rings. The summed E-state index contributed by atoms with van der Waals surface area (Å²) in [7, 11) is 0. The van der Waals surface area contributed by atoms with Gasteiger partial charge < -0.3 is 5.73 Å². The molecule has 0 fully saturated rings. The van der Waals surface area contributed by atoms with Crippen molar-refractivity contribution in [2.75, 3.05) is 0 Å². The molecule has 108 valence electrons. The normalized spacial score (nSPS) is 13.5. The number of benzene rings is 1. The Labute approximate surface area is 113 Å². The molecule has 0 saturated heterocycles. The molecule has 1 unspecified atom stereocenters. The molecule has 0 spiro atoms. The van der Waals surface area contributed by atoms with Gasteiger partial charge in [-0.15, -0.1) is 0 Å². The summed E-state index contributed by atoms with van der Waals surface area (Å²) in [5, 5.41) is 3.97. The van der Waals surface area contributed by atoms with E-state index < -0.39 is 23.6 Å². The lowest BCUT2D eigenvalue weighted by molar-refractivity contribution is -0.140. The maximum atomic E-state index is 14.0. The average Bonchev–Trinajstić information content (AvgIpc) is 2.85. The van der Waals surface area contributed by atoms with Crippen LogP contribution in [0.3, 0.4) is 0 Å². The van der Waals surface area contributed by atoms with Gasteiger partial charge in [0.1, 0.15) is 5.82 Å². The number of aryl methyl sites for hydroxylation is 1. The number of halogens is 4. The third-order valence-corrected chi connectivity index (χ3v) is 3.01. The fourth-order valence-corrected chi connectivity index (χ4v) is 1.90. The van der Waals surface area contributed by atoms with E-state index >= 15 is 0 Å². The zero-order valence-corrected chi connectivity index (χ0v) is 10.7. The van der Waals surface area contributed by atoms with Crippen LogP contribution in [-0.2, 0) is 12.7 Å². The first-order valence-corrected chi connectivity index (χ1v) is 5.98. The van der Waals surface area contributed by atoms with Crippen LogP contribution >= 0.6 is 0 Å². The molecule has 0 amide bonds. The van der Waals surface area contributed by atoms with E-state index in [4.69, 9.17) is 5.73 Å². The topological polar surface area (TPSA) is 43.8 Å². The molecule has 0 aliphatic heterocycles. The van der Waals surface area contributed by atoms with Gasteiger partial charge in [-0.25, -0.2) is 4.39 Å². The van der Waals surface area contributed by atoms with Gasteiger partial charge in [0.25, 0.3) is 0 Å². The number of aromatic nitrogens is 2. The molecule has 1 atom stereocenters. The van der Waals surface area contributed by atoms with Crippen LogP contribution in [0.2, 0.25) is 0 Å². The van der Waals surface area contributed by atoms with Gasteiger partial charge in [0, 0.05) is 23.9 Å². The average molecular weight is 287 g/mol. The van der Waals surface area contributed by atoms with E-state index in [0.717, 1.165) is 6.07 Å². The van der Waals surface area contributed by atoms with Gasteiger partial charge in [-0.3, -0.25) is 4.68 Å². The first-order valence-electron chi connectivity index (χ1n) is 5.98. The van der Waals surface area contributed by atoms with Gasteiger partial charge >= 0.3 is 6.18 Å². The molecule has 3 nitrogen and oxygen atoms in total. The number of hydrogen-bond donors (Lipinski definition) is 1. The van der Waals surface area contributed by atoms with E-state index in [-0.39, 0.29) is 5.56 Å². The molecule has 0 aliphatic carbocycles. The maximum Gasteiger partial charge on any atom is 0.419 e. The largest absolute Gasteiger partial charge is 0.419 e. The summed E-state index contributed by atoms with van der Waals surface area (Å²) in [6, 6.07) is 2.10. The minimum atomic E-state index is -4.74. The van der Waals surface area contributed by atoms with Crippen LogP contribution in [0, 0.1) is 5.82 Å². The summed E-state index contributed by atoms with van der Waals surface area (Å²) in [5.74, 6) is -1.34. The number of alkyl halides is 3. The predicted molar refractivity (Wildman–Crippen MR) is 65.3 cm³/mol. The standard InChI is InChI=1S/C13H13F4N3/c1-2-20-7-8(6-19-20)12(18)9-4-3-5-10(11(9)14)13(15,16)17/h3-7,12H,2,18H2,1H3. The molecule has 1 aromatic heterocycles. The number of nitrogens with zero attached hydrogens (tertiary/aromatic N) is 2. The Kier molecular flexibility index (Phi) is 3.80. The third-order valence-electron chi connectivity index (χ3n) is 3.01. The van der Waals surface area contributed by atoms with Crippen molar-refractivity contribution in [3.63, 3.8) is 0 Å². The van der Waals surface area contributed by atoms with Crippen LogP contribution in [0.15, 0.2) is 30.6 Å². The number of rotatable bonds is 3. The highest BCUT2D eigenvalue weighted by molar-refractivity contribution is 5.35. The van der Waals surface area contributed by atoms with Crippen molar-refractivity contribution in [1.82, 2.24) is 9.78 Å². The van der Waals surface area contributed by atoms with Crippen molar-refractivity contribution in [2.45, 2.75) is 25.7 Å². The Hall–Kier alpha value is -1.89. The molecule has 1 aromatic carbocycles. The van der Waals surface area contributed by atoms with E-state index in [1.165, 1.54) is 12.3 Å². The minimum absolute atomic E-state index is 0.199. The van der Waals surface area contributed by atoms with Crippen molar-refractivity contribution in [1.29, 1.82) is 0 Å². The third kappa shape index (κ3) is 2.67. The molecule has 2 N–H and O–H groups in total. The SMILES string of the molecule is CCn1cc(C(N)c2cccc(C(F)(F)F)c2F)cn1. The Bertz CT molecular complexity index is 604. The monoisotopic (exact) mass is 287 g/mol. The lowest BCUT2D eigenvalue weighted by Crippen LogP contribution is -2.17. The summed E-state index contributed by atoms with van der Waals surface area (Å²) in [6.45, 7) is 2.45. The highest BCUT2D eigenvalue weighted by atomic mass is 19.4. The van der Waals surface area contributed by atoms with Gasteiger partial charge in [0.2, 0.25) is 0 Å². The molecule has 0 bridgehead atoms. The second-order valence-electron chi connectivity index (χ2n) is 4.31. The van der Waals surface area contributed by atoms with Crippen LogP contribution in [0.1, 0.15) is 29.7 Å². The maximum absolute atomic E-state index is 14.0. The van der Waals surface area contributed by atoms with Crippen LogP contribution in [0.25, 0.3) is 0 Å². The number of nitrogens with two attached hydrogens (primary N) is 1. The van der Waals surface area contributed by atoms with Crippen molar-refractivity contribution < 1.29 is 17.6 Å². The van der Waals surface area contributed by atoms with Crippen molar-refractivity contribution in [3.8, 4) is 0 Å². The predicted octanol–water partition coefficient (Wildman–Crippen LogP) is 3.11. The van der Waals surface area contributed by atoms with E-state index in [1.807, 2.05) is 6.92 Å². The summed E-state index contributed by atoms with van der Waals surface area (Å²) < 4.78 is 53.5. The molecule has 2 rings (SSSR count). The van der Waals surface area contributed by atoms with Gasteiger partial charge in [-0.05, 0) is 13.0 Å². The lowest BCUT2D eigenvalue weighted by Gasteiger charge is -2.15. The fourth-order valence-electron chi connectivity index (χ4n) is 1.90. The Morgan fingerprint density at radius 2 is 2.05 bits per heavy atom. The van der Waals surface area contributed by atoms with Gasteiger partial charge in [0.05, 0.1) is 17.8 Å². The summed E-state index contributed by atoms with van der Waals surface area (Å²) in [6.07, 6.45) is -1.73. The zero-order valence-electron chi connectivity index (χ0n) is 10.7. The van der Waals surface area contributed by atoms with Crippen molar-refractivity contribution in [2.24, 2.45) is 5.73 Å². The van der Waals surface area contributed by atoms with E-state index in [1.54, 1.807) is 10.9 Å². The lowest BCUT2D eigenvalue weighted by atomic mass is 9.99. The molecular weight excluding hydrogens is 274 g/mol. The van der Waals surface area contributed by atoms with Crippen LogP contribution in [0.4, 0.5) is 17.6 Å². The molecule has 7 heteroatoms.